The van der Waals surface area contributed by atoms with Crippen molar-refractivity contribution < 1.29 is 662 Å². The summed E-state index contributed by atoms with van der Waals surface area (Å²) in [6, 6.07) is 0. The molecule has 0 aliphatic carbocycles. The Hall–Kier alpha value is 19.4. The number of ether oxygens (including phenoxy) is 2. The standard InChI is InChI=1S/2C6H3O3.C6HO2.C4H4O2.C3H3O.8C2H6.C2H3.3CH3.35W/c1-5(7)3-4-9-6(2)8;1-5(8)4-6(9)2-3-7;1-5-4-6(7)2-3-8-5;1-4(6)2-3-5;1-3(2)4;9*1-2;;;;;;;;;;;;;;;;;;;;;;;;;;;;;;;;;;;;;;/h1H3;7H,4H2;4H;5H,1H3;1H3;8*1-2H3;1H3;3*1H3;;;;;;;;;;;;;;;;;;;;;;;;;;;;;;;;;;;/q3*-1;;-1;;;;;;;;;4*-1;;;;;;;;;;;;;;;;;;;;;;;;;;;;;;;;;;;. The van der Waals surface area contributed by atoms with Crippen molar-refractivity contribution in [3.63, 3.8) is 0 Å². The number of ketones is 6. The normalized spacial score (nSPS) is 6.54. The first-order chi connectivity index (χ1) is 42.4. The van der Waals surface area contributed by atoms with E-state index in [0.29, 0.717) is 21.5 Å². The summed E-state index contributed by atoms with van der Waals surface area (Å²) < 4.78 is 27.0. The fourth-order valence-corrected chi connectivity index (χ4v) is 5.28. The van der Waals surface area contributed by atoms with Crippen LogP contribution in [0.15, 0.2) is 11.8 Å². The van der Waals surface area contributed by atoms with Crippen LogP contribution in [0.4, 0.5) is 0 Å². The van der Waals surface area contributed by atoms with Crippen LogP contribution in [-0.2, 0) is 652 Å². The monoisotopic (exact) mass is 7240 g/mol. The topological polar surface area (TPSA) is 178 Å². The minimum atomic E-state index is -0.491. The first kappa shape index (κ1) is 191. The second kappa shape index (κ2) is 226. The van der Waals surface area contributed by atoms with E-state index in [0.717, 1.165) is 182 Å². The molecule has 0 bridgehead atoms. The van der Waals surface area contributed by atoms with Crippen LogP contribution in [-0.4, -0.2) is 105 Å². The molecule has 2 N–H and O–H groups in total. The molecule has 0 aromatic rings. The average Bonchev–Trinajstić information content (AvgIpc) is 3.62. The van der Waals surface area contributed by atoms with Crippen molar-refractivity contribution in [2.24, 2.45) is 0 Å². The zero-order valence-corrected chi connectivity index (χ0v) is 156. The van der Waals surface area contributed by atoms with E-state index in [1.165, 1.54) is 104 Å². The summed E-state index contributed by atoms with van der Waals surface area (Å²) in [5.74, 6) is -0.407. The van der Waals surface area contributed by atoms with Crippen LogP contribution < -0.4 is 0 Å². The molecule has 0 radical (unpaired) electrons. The molecular formula is C46H74O11W35-8. The summed E-state index contributed by atoms with van der Waals surface area (Å²) in [5.41, 5.74) is 0. The van der Waals surface area contributed by atoms with Crippen LogP contribution >= 0.6 is 0 Å². The van der Waals surface area contributed by atoms with Gasteiger partial charge in [0.2, 0.25) is 0 Å². The van der Waals surface area contributed by atoms with Gasteiger partial charge in [-0.05, 0) is 0 Å². The number of aliphatic hydroxyl groups is 2. The Morgan fingerprint density at radius 1 is 0.446 bits per heavy atom. The predicted octanol–water partition coefficient (Wildman–Crippen LogP) is 5.22. The van der Waals surface area contributed by atoms with Crippen LogP contribution in [0, 0.1) is 22.3 Å². The maximum atomic E-state index is 11.2. The summed E-state index contributed by atoms with van der Waals surface area (Å²) in [5, 5.41) is 17.7. The SMILES string of the molecule is CC.CC.CC.CC.CC.CC.CC.CC.CC(=O)[C-]=[W].CC(=O)[C](=[W])[C](=[W])OC(=O)[C-]=[W].CC(=O)[C](=[W])[C](O)=[W].C[C-]=[W].O=C([C-]=[W])CC(=O)[C](=[W])[C](O)=[W].O=C1C=C([C-]=[W])O[C](=[W])[C]1=[W].[CH3-].[CH3-].[CH3-].[W]=[W].[W]=[W].[W]=[W].[W]=[W].[W]=[W].[W]=[W].[W]=[W].[W]=[W].[W]=[W].[W]=[W].[W]=[W]. The van der Waals surface area contributed by atoms with Crippen molar-refractivity contribution in [3.8, 4) is 0 Å². The Morgan fingerprint density at radius 3 is 0.815 bits per heavy atom. The third-order valence-corrected chi connectivity index (χ3v) is 24.4. The number of hydrogen-bond acceptors (Lipinski definition) is 11. The molecule has 0 aromatic heterocycles. The van der Waals surface area contributed by atoms with Gasteiger partial charge in [0.25, 0.3) is 0 Å². The van der Waals surface area contributed by atoms with Crippen molar-refractivity contribution in [2.75, 3.05) is 0 Å². The first-order valence-electron chi connectivity index (χ1n) is 21.5. The maximum absolute atomic E-state index is 11.2. The number of esters is 1. The molecule has 1 aliphatic heterocycles. The van der Waals surface area contributed by atoms with Gasteiger partial charge in [0, 0.05) is 0 Å². The second-order valence-electron chi connectivity index (χ2n) is 7.17. The van der Waals surface area contributed by atoms with Gasteiger partial charge in [-0.3, -0.25) is 0 Å². The van der Waals surface area contributed by atoms with Crippen LogP contribution in [0.5, 0.6) is 0 Å². The summed E-state index contributed by atoms with van der Waals surface area (Å²) in [6.45, 7) is 38.3. The van der Waals surface area contributed by atoms with Crippen LogP contribution in [0.25, 0.3) is 0 Å². The molecule has 1 aliphatic rings. The van der Waals surface area contributed by atoms with E-state index < -0.39 is 5.97 Å². The summed E-state index contributed by atoms with van der Waals surface area (Å²) >= 11 is 50.4. The molecule has 0 fully saturated rings. The van der Waals surface area contributed by atoms with Gasteiger partial charge in [0.1, 0.15) is 0 Å². The Morgan fingerprint density at radius 2 is 0.674 bits per heavy atom. The van der Waals surface area contributed by atoms with Crippen LogP contribution in [0.1, 0.15) is 145 Å². The molecule has 542 valence electrons. The third-order valence-electron chi connectivity index (χ3n) is 3.29. The number of carbonyl (C=O) groups excluding carboxylic acids is 7. The van der Waals surface area contributed by atoms with E-state index in [1.807, 2.05) is 118 Å². The van der Waals surface area contributed by atoms with Gasteiger partial charge in [-0.15, -0.1) is 0 Å². The van der Waals surface area contributed by atoms with Crippen molar-refractivity contribution in [1.29, 1.82) is 0 Å². The molecule has 92 heavy (non-hydrogen) atoms. The van der Waals surface area contributed by atoms with E-state index in [1.54, 1.807) is 357 Å². The molecule has 1 rings (SSSR count). The number of aliphatic hydroxyl groups excluding tert-OH is 2. The van der Waals surface area contributed by atoms with Gasteiger partial charge in [-0.2, -0.15) is 0 Å². The summed E-state index contributed by atoms with van der Waals surface area (Å²) in [7, 11) is 0. The molecule has 0 saturated carbocycles. The molecule has 0 atom stereocenters. The number of Topliss-reactive ketones (excluding diaryl/α,β-unsaturated/α-hetero) is 5. The van der Waals surface area contributed by atoms with E-state index in [2.05, 4.69) is 22.0 Å². The quantitative estimate of drug-likeness (QED) is 0.140. The van der Waals surface area contributed by atoms with Crippen molar-refractivity contribution in [3.05, 3.63) is 34.1 Å². The van der Waals surface area contributed by atoms with E-state index in [9.17, 15) is 33.6 Å². The minimum absolute atomic E-state index is 0. The number of hydrogen-bond donors (Lipinski definition) is 2. The van der Waals surface area contributed by atoms with Crippen molar-refractivity contribution in [1.82, 2.24) is 0 Å². The van der Waals surface area contributed by atoms with E-state index in [4.69, 9.17) is 19.7 Å². The Bertz CT molecular complexity index is 1720. The van der Waals surface area contributed by atoms with Crippen molar-refractivity contribution >= 4 is 94.6 Å². The summed E-state index contributed by atoms with van der Waals surface area (Å²) in [6.07, 6.45) is 1.35. The van der Waals surface area contributed by atoms with Crippen LogP contribution in [0.3, 0.4) is 0 Å². The molecular weight excluding hydrogens is 7160 g/mol. The Kier molecular flexibility index (Phi) is 469. The number of rotatable bonds is 13. The van der Waals surface area contributed by atoms with Crippen molar-refractivity contribution in [2.45, 2.75) is 145 Å². The molecule has 0 spiro atoms. The van der Waals surface area contributed by atoms with E-state index >= 15 is 0 Å². The van der Waals surface area contributed by atoms with Crippen LogP contribution in [0.2, 0.25) is 0 Å². The molecule has 1 heterocycles. The summed E-state index contributed by atoms with van der Waals surface area (Å²) in [4.78, 5) is 74.7. The van der Waals surface area contributed by atoms with E-state index in [-0.39, 0.29) is 71.6 Å². The molecule has 11 nitrogen and oxygen atoms in total. The molecule has 0 saturated heterocycles. The number of carbonyl (C=O) groups is 7. The Labute approximate surface area is 910 Å². The molecule has 0 amide bonds. The zero-order valence-electron chi connectivity index (χ0n) is 53.6. The molecule has 0 aromatic carbocycles. The van der Waals surface area contributed by atoms with Gasteiger partial charge < -0.3 is 22.3 Å². The predicted molar refractivity (Wildman–Crippen MR) is 252 cm³/mol. The third kappa shape index (κ3) is 226. The van der Waals surface area contributed by atoms with Gasteiger partial charge >= 0.3 is 802 Å². The van der Waals surface area contributed by atoms with Gasteiger partial charge in [0.15, 0.2) is 0 Å². The average molecular weight is 7240 g/mol. The van der Waals surface area contributed by atoms with Gasteiger partial charge in [-0.1, -0.05) is 111 Å². The fraction of sp³-hybridized carbons (Fsp3) is 0.457. The second-order valence-corrected chi connectivity index (χ2v) is 22.9. The number of allylic oxidation sites excluding steroid dienone is 2. The molecule has 0 unspecified atom stereocenters. The zero-order chi connectivity index (χ0) is 79.6. The molecule has 46 heteroatoms. The Balaban J connectivity index is -0.0000000201. The first-order valence-corrected chi connectivity index (χ1v) is 162. The fourth-order valence-electron chi connectivity index (χ4n) is 1.34. The van der Waals surface area contributed by atoms with Gasteiger partial charge in [0.05, 0.1) is 0 Å². The van der Waals surface area contributed by atoms with Gasteiger partial charge in [-0.25, -0.2) is 0 Å².